The second kappa shape index (κ2) is 3.18. The summed E-state index contributed by atoms with van der Waals surface area (Å²) in [5.74, 6) is 0. The lowest BCUT2D eigenvalue weighted by Crippen LogP contribution is -1.91. The highest BCUT2D eigenvalue weighted by molar-refractivity contribution is 5.68. The SMILES string of the molecule is C=NOCc1ccc2n[nH]nc2n1. The number of aromatic amines is 1. The zero-order valence-corrected chi connectivity index (χ0v) is 6.77. The number of aromatic nitrogens is 4. The Morgan fingerprint density at radius 2 is 2.38 bits per heavy atom. The van der Waals surface area contributed by atoms with E-state index in [0.717, 1.165) is 11.2 Å². The van der Waals surface area contributed by atoms with Crippen molar-refractivity contribution in [2.24, 2.45) is 5.16 Å². The molecule has 2 aromatic heterocycles. The van der Waals surface area contributed by atoms with E-state index >= 15 is 0 Å². The van der Waals surface area contributed by atoms with Gasteiger partial charge in [0.1, 0.15) is 5.52 Å². The van der Waals surface area contributed by atoms with Crippen LogP contribution in [0.5, 0.6) is 0 Å². The first kappa shape index (κ1) is 7.66. The first-order valence-corrected chi connectivity index (χ1v) is 3.64. The third kappa shape index (κ3) is 1.46. The van der Waals surface area contributed by atoms with Gasteiger partial charge in [-0.2, -0.15) is 10.3 Å². The quantitative estimate of drug-likeness (QED) is 0.546. The number of oxime groups is 1. The van der Waals surface area contributed by atoms with Crippen LogP contribution in [0.1, 0.15) is 5.69 Å². The molecule has 0 bridgehead atoms. The van der Waals surface area contributed by atoms with Crippen molar-refractivity contribution in [1.29, 1.82) is 0 Å². The van der Waals surface area contributed by atoms with Crippen molar-refractivity contribution in [3.8, 4) is 0 Å². The molecule has 0 spiro atoms. The highest BCUT2D eigenvalue weighted by Crippen LogP contribution is 2.06. The normalized spacial score (nSPS) is 10.2. The molecule has 6 nitrogen and oxygen atoms in total. The molecule has 0 fully saturated rings. The van der Waals surface area contributed by atoms with Gasteiger partial charge in [-0.1, -0.05) is 0 Å². The number of nitrogens with zero attached hydrogens (tertiary/aromatic N) is 4. The van der Waals surface area contributed by atoms with Gasteiger partial charge in [0.05, 0.1) is 5.69 Å². The van der Waals surface area contributed by atoms with E-state index in [-0.39, 0.29) is 0 Å². The summed E-state index contributed by atoms with van der Waals surface area (Å²) in [5.41, 5.74) is 2.05. The lowest BCUT2D eigenvalue weighted by atomic mass is 10.3. The molecule has 0 aliphatic rings. The fourth-order valence-corrected chi connectivity index (χ4v) is 0.968. The predicted molar refractivity (Wildman–Crippen MR) is 46.0 cm³/mol. The molecule has 2 rings (SSSR count). The fraction of sp³-hybridized carbons (Fsp3) is 0.143. The highest BCUT2D eigenvalue weighted by Gasteiger charge is 2.00. The van der Waals surface area contributed by atoms with Crippen LogP contribution >= 0.6 is 0 Å². The molecule has 0 aliphatic heterocycles. The largest absolute Gasteiger partial charge is 0.390 e. The van der Waals surface area contributed by atoms with Gasteiger partial charge in [0.15, 0.2) is 6.61 Å². The third-order valence-electron chi connectivity index (χ3n) is 1.54. The number of H-pyrrole nitrogens is 1. The predicted octanol–water partition coefficient (Wildman–Crippen LogP) is 0.485. The van der Waals surface area contributed by atoms with Crippen LogP contribution in [0.3, 0.4) is 0 Å². The van der Waals surface area contributed by atoms with E-state index in [1.165, 1.54) is 0 Å². The molecular weight excluding hydrogens is 170 g/mol. The van der Waals surface area contributed by atoms with Crippen LogP contribution in [0.2, 0.25) is 0 Å². The molecule has 2 aromatic rings. The van der Waals surface area contributed by atoms with Crippen LogP contribution in [0.25, 0.3) is 11.2 Å². The monoisotopic (exact) mass is 177 g/mol. The summed E-state index contributed by atoms with van der Waals surface area (Å²) in [5, 5.41) is 13.5. The van der Waals surface area contributed by atoms with Crippen LogP contribution in [-0.4, -0.2) is 27.1 Å². The van der Waals surface area contributed by atoms with Crippen molar-refractivity contribution in [2.75, 3.05) is 0 Å². The van der Waals surface area contributed by atoms with Crippen LogP contribution < -0.4 is 0 Å². The van der Waals surface area contributed by atoms with Crippen molar-refractivity contribution in [1.82, 2.24) is 20.4 Å². The van der Waals surface area contributed by atoms with Crippen LogP contribution in [0.15, 0.2) is 17.3 Å². The summed E-state index contributed by atoms with van der Waals surface area (Å²) < 4.78 is 0. The summed E-state index contributed by atoms with van der Waals surface area (Å²) in [4.78, 5) is 8.89. The molecular formula is C7H7N5O. The molecule has 0 saturated heterocycles. The number of hydrogen-bond acceptors (Lipinski definition) is 5. The van der Waals surface area contributed by atoms with Gasteiger partial charge in [-0.3, -0.25) is 0 Å². The maximum atomic E-state index is 4.74. The number of nitrogens with one attached hydrogen (secondary N) is 1. The van der Waals surface area contributed by atoms with E-state index in [2.05, 4.69) is 32.3 Å². The number of rotatable bonds is 3. The van der Waals surface area contributed by atoms with E-state index in [4.69, 9.17) is 4.84 Å². The minimum absolute atomic E-state index is 0.298. The molecule has 0 saturated carbocycles. The van der Waals surface area contributed by atoms with E-state index in [0.29, 0.717) is 12.3 Å². The number of pyridine rings is 1. The van der Waals surface area contributed by atoms with Gasteiger partial charge in [0.2, 0.25) is 5.65 Å². The van der Waals surface area contributed by atoms with E-state index < -0.39 is 0 Å². The maximum Gasteiger partial charge on any atom is 0.201 e. The van der Waals surface area contributed by atoms with Crippen LogP contribution in [0.4, 0.5) is 0 Å². The number of hydrogen-bond donors (Lipinski definition) is 1. The summed E-state index contributed by atoms with van der Waals surface area (Å²) in [6.07, 6.45) is 0. The molecule has 0 radical (unpaired) electrons. The van der Waals surface area contributed by atoms with E-state index in [9.17, 15) is 0 Å². The molecule has 0 atom stereocenters. The lowest BCUT2D eigenvalue weighted by Gasteiger charge is -1.96. The molecule has 2 heterocycles. The molecule has 0 aliphatic carbocycles. The molecule has 0 unspecified atom stereocenters. The Morgan fingerprint density at radius 3 is 3.23 bits per heavy atom. The summed E-state index contributed by atoms with van der Waals surface area (Å²) in [7, 11) is 0. The minimum Gasteiger partial charge on any atom is -0.390 e. The van der Waals surface area contributed by atoms with Gasteiger partial charge in [-0.25, -0.2) is 4.98 Å². The average Bonchev–Trinajstić information content (AvgIpc) is 2.61. The van der Waals surface area contributed by atoms with Gasteiger partial charge >= 0.3 is 0 Å². The van der Waals surface area contributed by atoms with E-state index in [1.807, 2.05) is 6.07 Å². The molecule has 6 heteroatoms. The van der Waals surface area contributed by atoms with Gasteiger partial charge in [-0.15, -0.1) is 10.3 Å². The molecule has 0 aromatic carbocycles. The first-order chi connectivity index (χ1) is 6.40. The van der Waals surface area contributed by atoms with Gasteiger partial charge in [-0.05, 0) is 12.1 Å². The van der Waals surface area contributed by atoms with Gasteiger partial charge in [0.25, 0.3) is 0 Å². The summed E-state index contributed by atoms with van der Waals surface area (Å²) >= 11 is 0. The van der Waals surface area contributed by atoms with Gasteiger partial charge in [0, 0.05) is 6.72 Å². The average molecular weight is 177 g/mol. The summed E-state index contributed by atoms with van der Waals surface area (Å²) in [6, 6.07) is 3.61. The minimum atomic E-state index is 0.298. The highest BCUT2D eigenvalue weighted by atomic mass is 16.6. The Labute approximate surface area is 73.6 Å². The third-order valence-corrected chi connectivity index (χ3v) is 1.54. The standard InChI is InChI=1S/C7H7N5O/c1-8-13-4-5-2-3-6-7(9-5)11-12-10-6/h2-3H,1,4H2,(H,9,10,11,12). The van der Waals surface area contributed by atoms with Crippen molar-refractivity contribution >= 4 is 17.9 Å². The Balaban J connectivity index is 2.31. The second-order valence-corrected chi connectivity index (χ2v) is 2.37. The van der Waals surface area contributed by atoms with Crippen LogP contribution in [0, 0.1) is 0 Å². The zero-order chi connectivity index (χ0) is 9.10. The fourth-order valence-electron chi connectivity index (χ4n) is 0.968. The van der Waals surface area contributed by atoms with Crippen molar-refractivity contribution in [3.05, 3.63) is 17.8 Å². The Bertz CT molecular complexity index is 423. The van der Waals surface area contributed by atoms with Crippen LogP contribution in [-0.2, 0) is 11.4 Å². The zero-order valence-electron chi connectivity index (χ0n) is 6.77. The van der Waals surface area contributed by atoms with Crippen molar-refractivity contribution < 1.29 is 4.84 Å². The van der Waals surface area contributed by atoms with E-state index in [1.54, 1.807) is 6.07 Å². The Hall–Kier alpha value is -1.98. The Morgan fingerprint density at radius 1 is 1.46 bits per heavy atom. The maximum absolute atomic E-state index is 4.74. The van der Waals surface area contributed by atoms with Crippen molar-refractivity contribution in [3.63, 3.8) is 0 Å². The molecule has 1 N–H and O–H groups in total. The smallest absolute Gasteiger partial charge is 0.201 e. The Kier molecular flexibility index (Phi) is 1.87. The lowest BCUT2D eigenvalue weighted by molar-refractivity contribution is 0.130. The number of fused-ring (bicyclic) bond motifs is 1. The van der Waals surface area contributed by atoms with Crippen molar-refractivity contribution in [2.45, 2.75) is 6.61 Å². The summed E-state index contributed by atoms with van der Waals surface area (Å²) in [6.45, 7) is 3.49. The topological polar surface area (TPSA) is 76.1 Å². The second-order valence-electron chi connectivity index (χ2n) is 2.37. The molecule has 0 amide bonds. The molecule has 13 heavy (non-hydrogen) atoms. The van der Waals surface area contributed by atoms with Gasteiger partial charge < -0.3 is 4.84 Å². The first-order valence-electron chi connectivity index (χ1n) is 3.64. The molecule has 66 valence electrons.